The molecule has 0 aliphatic carbocycles. The summed E-state index contributed by atoms with van der Waals surface area (Å²) in [6.07, 6.45) is 1.42. The number of aliphatic hydroxyl groups excluding tert-OH is 1. The van der Waals surface area contributed by atoms with Crippen LogP contribution >= 0.6 is 0 Å². The van der Waals surface area contributed by atoms with E-state index in [1.807, 2.05) is 0 Å². The number of unbranched alkanes of at least 4 members (excludes halogenated alkanes) is 1. The van der Waals surface area contributed by atoms with Gasteiger partial charge in [-0.15, -0.1) is 0 Å². The summed E-state index contributed by atoms with van der Waals surface area (Å²) in [5.41, 5.74) is 0.428. The Hall–Kier alpha value is -1.55. The van der Waals surface area contributed by atoms with Gasteiger partial charge in [-0.2, -0.15) is 0 Å². The molecule has 0 bridgehead atoms. The Balaban J connectivity index is 2.62. The Labute approximate surface area is 94.5 Å². The maximum Gasteiger partial charge on any atom is 0.160 e. The molecule has 0 saturated carbocycles. The number of hydrogen-bond donors (Lipinski definition) is 2. The number of ether oxygens (including phenoxy) is 1. The minimum Gasteiger partial charge on any atom is -0.508 e. The molecular weight excluding hydrogens is 208 g/mol. The zero-order chi connectivity index (χ0) is 12.0. The normalized spacial score (nSPS) is 10.1. The monoisotopic (exact) mass is 224 g/mol. The van der Waals surface area contributed by atoms with Crippen LogP contribution in [-0.2, 0) is 0 Å². The predicted molar refractivity (Wildman–Crippen MR) is 59.9 cm³/mol. The molecule has 0 unspecified atom stereocenters. The zero-order valence-electron chi connectivity index (χ0n) is 9.27. The number of rotatable bonds is 6. The molecule has 0 heterocycles. The van der Waals surface area contributed by atoms with Gasteiger partial charge in [0.2, 0.25) is 0 Å². The fourth-order valence-corrected chi connectivity index (χ4v) is 1.27. The number of carbonyl (C=O) groups excluding carboxylic acids is 1. The highest BCUT2D eigenvalue weighted by molar-refractivity contribution is 5.94. The van der Waals surface area contributed by atoms with Crippen LogP contribution in [0.4, 0.5) is 0 Å². The third-order valence-electron chi connectivity index (χ3n) is 2.12. The lowest BCUT2D eigenvalue weighted by Gasteiger charge is -2.07. The Morgan fingerprint density at radius 3 is 2.69 bits per heavy atom. The second-order valence-corrected chi connectivity index (χ2v) is 3.55. The van der Waals surface area contributed by atoms with E-state index in [0.717, 1.165) is 6.42 Å². The predicted octanol–water partition coefficient (Wildman–Crippen LogP) is 1.75. The van der Waals surface area contributed by atoms with Crippen molar-refractivity contribution in [3.05, 3.63) is 23.8 Å². The summed E-state index contributed by atoms with van der Waals surface area (Å²) in [6.45, 7) is 2.04. The number of benzene rings is 1. The van der Waals surface area contributed by atoms with Crippen LogP contribution in [0.2, 0.25) is 0 Å². The number of aromatic hydroxyl groups is 1. The highest BCUT2D eigenvalue weighted by Crippen LogP contribution is 2.22. The smallest absolute Gasteiger partial charge is 0.160 e. The van der Waals surface area contributed by atoms with Gasteiger partial charge in [-0.05, 0) is 31.9 Å². The maximum absolute atomic E-state index is 11.1. The van der Waals surface area contributed by atoms with Gasteiger partial charge in [0.05, 0.1) is 6.61 Å². The van der Waals surface area contributed by atoms with Crippen LogP contribution in [0.3, 0.4) is 0 Å². The van der Waals surface area contributed by atoms with Crippen LogP contribution in [0.5, 0.6) is 11.5 Å². The quantitative estimate of drug-likeness (QED) is 0.570. The molecule has 4 nitrogen and oxygen atoms in total. The molecule has 1 rings (SSSR count). The average molecular weight is 224 g/mol. The Morgan fingerprint density at radius 2 is 2.06 bits per heavy atom. The molecule has 0 amide bonds. The summed E-state index contributed by atoms with van der Waals surface area (Å²) in [5, 5.41) is 18.0. The number of Topliss-reactive ketones (excluding diaryl/α,β-unsaturated/α-hetero) is 1. The highest BCUT2D eigenvalue weighted by atomic mass is 16.5. The van der Waals surface area contributed by atoms with Crippen LogP contribution in [0.1, 0.15) is 30.1 Å². The van der Waals surface area contributed by atoms with Crippen LogP contribution < -0.4 is 4.74 Å². The lowest BCUT2D eigenvalue weighted by atomic mass is 10.1. The van der Waals surface area contributed by atoms with Crippen molar-refractivity contribution in [3.63, 3.8) is 0 Å². The molecule has 0 aromatic heterocycles. The fourth-order valence-electron chi connectivity index (χ4n) is 1.27. The lowest BCUT2D eigenvalue weighted by Crippen LogP contribution is -2.00. The number of phenols is 1. The summed E-state index contributed by atoms with van der Waals surface area (Å²) < 4.78 is 5.36. The van der Waals surface area contributed by atoms with Gasteiger partial charge in [0, 0.05) is 18.2 Å². The molecule has 0 aliphatic rings. The molecule has 0 radical (unpaired) electrons. The minimum atomic E-state index is -0.115. The zero-order valence-corrected chi connectivity index (χ0v) is 9.27. The summed E-state index contributed by atoms with van der Waals surface area (Å²) in [7, 11) is 0. The van der Waals surface area contributed by atoms with Crippen LogP contribution in [0, 0.1) is 0 Å². The standard InChI is InChI=1S/C12H16O4/c1-9(14)10-6-11(15)8-12(7-10)16-5-3-2-4-13/h6-8,13,15H,2-5H2,1H3. The first-order valence-corrected chi connectivity index (χ1v) is 5.22. The van der Waals surface area contributed by atoms with Crippen molar-refractivity contribution in [2.24, 2.45) is 0 Å². The topological polar surface area (TPSA) is 66.8 Å². The highest BCUT2D eigenvalue weighted by Gasteiger charge is 2.04. The molecule has 0 saturated heterocycles. The van der Waals surface area contributed by atoms with Crippen molar-refractivity contribution in [2.75, 3.05) is 13.2 Å². The van der Waals surface area contributed by atoms with Gasteiger partial charge in [0.25, 0.3) is 0 Å². The fraction of sp³-hybridized carbons (Fsp3) is 0.417. The third kappa shape index (κ3) is 3.90. The first kappa shape index (κ1) is 12.5. The number of carbonyl (C=O) groups is 1. The number of ketones is 1. The lowest BCUT2D eigenvalue weighted by molar-refractivity contribution is 0.101. The summed E-state index contributed by atoms with van der Waals surface area (Å²) in [6, 6.07) is 4.47. The van der Waals surface area contributed by atoms with Gasteiger partial charge in [-0.25, -0.2) is 0 Å². The minimum absolute atomic E-state index is 0.0184. The molecule has 1 aromatic carbocycles. The van der Waals surface area contributed by atoms with Crippen LogP contribution in [0.15, 0.2) is 18.2 Å². The van der Waals surface area contributed by atoms with Crippen LogP contribution in [0.25, 0.3) is 0 Å². The summed E-state index contributed by atoms with van der Waals surface area (Å²) >= 11 is 0. The first-order chi connectivity index (χ1) is 7.63. The van der Waals surface area contributed by atoms with Crippen LogP contribution in [-0.4, -0.2) is 29.2 Å². The van der Waals surface area contributed by atoms with E-state index in [-0.39, 0.29) is 18.1 Å². The molecule has 4 heteroatoms. The number of aliphatic hydroxyl groups is 1. The van der Waals surface area contributed by atoms with E-state index in [9.17, 15) is 9.90 Å². The van der Waals surface area contributed by atoms with Gasteiger partial charge < -0.3 is 14.9 Å². The van der Waals surface area contributed by atoms with Crippen molar-refractivity contribution in [3.8, 4) is 11.5 Å². The Bertz CT molecular complexity index is 360. The van der Waals surface area contributed by atoms with E-state index in [0.29, 0.717) is 24.3 Å². The van der Waals surface area contributed by atoms with Crippen molar-refractivity contribution in [1.29, 1.82) is 0 Å². The first-order valence-electron chi connectivity index (χ1n) is 5.22. The van der Waals surface area contributed by atoms with Crippen molar-refractivity contribution >= 4 is 5.78 Å². The van der Waals surface area contributed by atoms with E-state index in [1.54, 1.807) is 6.07 Å². The van der Waals surface area contributed by atoms with Crippen molar-refractivity contribution in [1.82, 2.24) is 0 Å². The second-order valence-electron chi connectivity index (χ2n) is 3.55. The summed E-state index contributed by atoms with van der Waals surface area (Å²) in [4.78, 5) is 11.1. The molecular formula is C12H16O4. The summed E-state index contributed by atoms with van der Waals surface area (Å²) in [5.74, 6) is 0.379. The molecule has 2 N–H and O–H groups in total. The molecule has 0 atom stereocenters. The van der Waals surface area contributed by atoms with Crippen molar-refractivity contribution in [2.45, 2.75) is 19.8 Å². The molecule has 1 aromatic rings. The van der Waals surface area contributed by atoms with Crippen molar-refractivity contribution < 1.29 is 19.7 Å². The molecule has 88 valence electrons. The van der Waals surface area contributed by atoms with E-state index >= 15 is 0 Å². The Morgan fingerprint density at radius 1 is 1.31 bits per heavy atom. The van der Waals surface area contributed by atoms with Gasteiger partial charge in [-0.3, -0.25) is 4.79 Å². The molecule has 0 spiro atoms. The van der Waals surface area contributed by atoms with E-state index in [2.05, 4.69) is 0 Å². The maximum atomic E-state index is 11.1. The molecule has 16 heavy (non-hydrogen) atoms. The SMILES string of the molecule is CC(=O)c1cc(O)cc(OCCCCO)c1. The average Bonchev–Trinajstić information content (AvgIpc) is 2.23. The van der Waals surface area contributed by atoms with E-state index < -0.39 is 0 Å². The number of phenolic OH excluding ortho intramolecular Hbond substituents is 1. The van der Waals surface area contributed by atoms with Gasteiger partial charge in [-0.1, -0.05) is 0 Å². The van der Waals surface area contributed by atoms with E-state index in [1.165, 1.54) is 19.1 Å². The second kappa shape index (κ2) is 6.12. The number of hydrogen-bond acceptors (Lipinski definition) is 4. The molecule has 0 aliphatic heterocycles. The van der Waals surface area contributed by atoms with E-state index in [4.69, 9.17) is 9.84 Å². The van der Waals surface area contributed by atoms with Gasteiger partial charge >= 0.3 is 0 Å². The molecule has 0 fully saturated rings. The largest absolute Gasteiger partial charge is 0.508 e. The third-order valence-corrected chi connectivity index (χ3v) is 2.12. The Kier molecular flexibility index (Phi) is 4.79. The van der Waals surface area contributed by atoms with Gasteiger partial charge in [0.15, 0.2) is 5.78 Å². The van der Waals surface area contributed by atoms with Gasteiger partial charge in [0.1, 0.15) is 11.5 Å².